The number of hydrogen-bond acceptors (Lipinski definition) is 3. The zero-order valence-corrected chi connectivity index (χ0v) is 19.3. The zero-order chi connectivity index (χ0) is 21.4. The van der Waals surface area contributed by atoms with Crippen LogP contribution in [-0.2, 0) is 6.54 Å². The van der Waals surface area contributed by atoms with Crippen molar-refractivity contribution in [2.45, 2.75) is 56.6 Å². The highest BCUT2D eigenvalue weighted by molar-refractivity contribution is 9.10. The molecule has 6 rings (SSSR count). The van der Waals surface area contributed by atoms with Gasteiger partial charge < -0.3 is 5.11 Å². The Hall–Kier alpha value is -2.24. The Morgan fingerprint density at radius 1 is 1.23 bits per heavy atom. The van der Waals surface area contributed by atoms with Crippen LogP contribution in [0.25, 0.3) is 11.3 Å². The van der Waals surface area contributed by atoms with Gasteiger partial charge in [-0.15, -0.1) is 5.10 Å². The standard InChI is InChI=1S/C26H26BrN3O/c1-16-4-3-5-20-21-10-11-26(31)15-25(21,12-17(26)2)22(24(16)20)13-30-14-23(28-29-30)18-6-8-19(27)9-7-18/h3-9,14,21-22,31H,2,10-13,15H2,1H3/t21-,22-,25-,26-/m0/s1. The number of halogens is 1. The fraction of sp³-hybridized carbons (Fsp3) is 0.385. The highest BCUT2D eigenvalue weighted by Gasteiger charge is 2.64. The molecule has 1 aromatic heterocycles. The van der Waals surface area contributed by atoms with E-state index < -0.39 is 5.60 Å². The first-order valence-corrected chi connectivity index (χ1v) is 11.9. The van der Waals surface area contributed by atoms with Crippen LogP contribution in [0.5, 0.6) is 0 Å². The van der Waals surface area contributed by atoms with Crippen molar-refractivity contribution in [1.29, 1.82) is 0 Å². The lowest BCUT2D eigenvalue weighted by Crippen LogP contribution is -2.39. The Morgan fingerprint density at radius 3 is 2.84 bits per heavy atom. The first kappa shape index (κ1) is 19.4. The van der Waals surface area contributed by atoms with Gasteiger partial charge in [-0.3, -0.25) is 4.68 Å². The number of fused-ring (bicyclic) bond motifs is 3. The van der Waals surface area contributed by atoms with Crippen molar-refractivity contribution in [2.75, 3.05) is 0 Å². The van der Waals surface area contributed by atoms with Gasteiger partial charge in [0.1, 0.15) is 5.69 Å². The van der Waals surface area contributed by atoms with Gasteiger partial charge in [-0.1, -0.05) is 58.1 Å². The van der Waals surface area contributed by atoms with E-state index in [-0.39, 0.29) is 5.41 Å². The lowest BCUT2D eigenvalue weighted by Gasteiger charge is -2.42. The quantitative estimate of drug-likeness (QED) is 0.490. The summed E-state index contributed by atoms with van der Waals surface area (Å²) in [6.45, 7) is 7.32. The average Bonchev–Trinajstić information content (AvgIpc) is 3.36. The van der Waals surface area contributed by atoms with Crippen LogP contribution in [0.2, 0.25) is 0 Å². The van der Waals surface area contributed by atoms with E-state index in [1.807, 2.05) is 16.8 Å². The Balaban J connectivity index is 1.41. The number of aromatic nitrogens is 3. The lowest BCUT2D eigenvalue weighted by molar-refractivity contribution is 0.00371. The van der Waals surface area contributed by atoms with Crippen molar-refractivity contribution in [3.8, 4) is 11.3 Å². The molecule has 3 aromatic rings. The van der Waals surface area contributed by atoms with Crippen LogP contribution in [0.1, 0.15) is 54.2 Å². The molecular formula is C26H26BrN3O. The van der Waals surface area contributed by atoms with Crippen LogP contribution in [0.15, 0.2) is 65.3 Å². The maximum atomic E-state index is 11.3. The van der Waals surface area contributed by atoms with Crippen LogP contribution in [-0.4, -0.2) is 25.7 Å². The summed E-state index contributed by atoms with van der Waals surface area (Å²) in [7, 11) is 0. The Morgan fingerprint density at radius 2 is 2.03 bits per heavy atom. The minimum absolute atomic E-state index is 0.0300. The molecule has 2 aromatic carbocycles. The largest absolute Gasteiger partial charge is 0.386 e. The summed E-state index contributed by atoms with van der Waals surface area (Å²) < 4.78 is 3.06. The van der Waals surface area contributed by atoms with Crippen LogP contribution >= 0.6 is 15.9 Å². The highest BCUT2D eigenvalue weighted by atomic mass is 79.9. The molecular weight excluding hydrogens is 450 g/mol. The van der Waals surface area contributed by atoms with E-state index in [0.717, 1.165) is 53.5 Å². The molecule has 158 valence electrons. The fourth-order valence-electron chi connectivity index (χ4n) is 6.80. The predicted octanol–water partition coefficient (Wildman–Crippen LogP) is 5.76. The summed E-state index contributed by atoms with van der Waals surface area (Å²) in [5, 5.41) is 20.3. The molecule has 3 aliphatic rings. The topological polar surface area (TPSA) is 50.9 Å². The predicted molar refractivity (Wildman–Crippen MR) is 125 cm³/mol. The monoisotopic (exact) mass is 475 g/mol. The maximum absolute atomic E-state index is 11.3. The van der Waals surface area contributed by atoms with Gasteiger partial charge in [0.2, 0.25) is 0 Å². The van der Waals surface area contributed by atoms with Crippen molar-refractivity contribution >= 4 is 15.9 Å². The smallest absolute Gasteiger partial charge is 0.113 e. The molecule has 31 heavy (non-hydrogen) atoms. The second kappa shape index (κ2) is 6.63. The third kappa shape index (κ3) is 2.76. The number of rotatable bonds is 3. The number of benzene rings is 2. The molecule has 2 fully saturated rings. The van der Waals surface area contributed by atoms with Gasteiger partial charge in [0.15, 0.2) is 0 Å². The number of nitrogens with zero attached hydrogens (tertiary/aromatic N) is 3. The van der Waals surface area contributed by atoms with E-state index in [9.17, 15) is 5.11 Å². The minimum Gasteiger partial charge on any atom is -0.386 e. The molecule has 4 nitrogen and oxygen atoms in total. The molecule has 0 radical (unpaired) electrons. The summed E-state index contributed by atoms with van der Waals surface area (Å²) in [6.07, 6.45) is 5.64. The second-order valence-electron chi connectivity index (χ2n) is 9.78. The van der Waals surface area contributed by atoms with Gasteiger partial charge in [-0.05, 0) is 78.3 Å². The average molecular weight is 476 g/mol. The van der Waals surface area contributed by atoms with Crippen molar-refractivity contribution < 1.29 is 5.11 Å². The summed E-state index contributed by atoms with van der Waals surface area (Å²) in [5.41, 5.74) is 6.61. The van der Waals surface area contributed by atoms with Crippen LogP contribution < -0.4 is 0 Å². The Bertz CT molecular complexity index is 1200. The van der Waals surface area contributed by atoms with E-state index in [1.165, 1.54) is 16.7 Å². The third-order valence-electron chi connectivity index (χ3n) is 8.19. The highest BCUT2D eigenvalue weighted by Crippen LogP contribution is 2.71. The summed E-state index contributed by atoms with van der Waals surface area (Å²) >= 11 is 3.49. The van der Waals surface area contributed by atoms with Gasteiger partial charge in [0.05, 0.1) is 18.3 Å². The van der Waals surface area contributed by atoms with Gasteiger partial charge >= 0.3 is 0 Å². The van der Waals surface area contributed by atoms with Crippen molar-refractivity contribution in [1.82, 2.24) is 15.0 Å². The van der Waals surface area contributed by atoms with Gasteiger partial charge in [-0.25, -0.2) is 0 Å². The normalized spacial score (nSPS) is 31.0. The first-order chi connectivity index (χ1) is 14.9. The first-order valence-electron chi connectivity index (χ1n) is 11.1. The Kier molecular flexibility index (Phi) is 4.16. The minimum atomic E-state index is -0.699. The van der Waals surface area contributed by atoms with E-state index in [2.05, 4.69) is 76.3 Å². The fourth-order valence-corrected chi connectivity index (χ4v) is 7.07. The molecule has 1 spiro atoms. The molecule has 0 aliphatic heterocycles. The van der Waals surface area contributed by atoms with Crippen molar-refractivity contribution in [2.24, 2.45) is 5.41 Å². The molecule has 3 aliphatic carbocycles. The molecule has 5 heteroatoms. The van der Waals surface area contributed by atoms with E-state index in [0.29, 0.717) is 11.8 Å². The molecule has 1 N–H and O–H groups in total. The summed E-state index contributed by atoms with van der Waals surface area (Å²) in [4.78, 5) is 0. The number of hydrogen-bond donors (Lipinski definition) is 1. The molecule has 1 heterocycles. The van der Waals surface area contributed by atoms with Crippen molar-refractivity contribution in [3.05, 3.63) is 82.0 Å². The molecule has 2 saturated carbocycles. The zero-order valence-electron chi connectivity index (χ0n) is 17.7. The Labute approximate surface area is 191 Å². The van der Waals surface area contributed by atoms with Gasteiger partial charge in [0.25, 0.3) is 0 Å². The van der Waals surface area contributed by atoms with Gasteiger partial charge in [0, 0.05) is 16.0 Å². The number of aliphatic hydroxyl groups is 1. The van der Waals surface area contributed by atoms with E-state index in [4.69, 9.17) is 0 Å². The SMILES string of the molecule is C=C1C[C@]23C[C@@]1(O)CC[C@H]2c1cccc(C)c1[C@@H]3Cn1cc(-c2ccc(Br)cc2)nn1. The molecule has 2 bridgehead atoms. The molecule has 4 atom stereocenters. The summed E-state index contributed by atoms with van der Waals surface area (Å²) in [6, 6.07) is 14.9. The second-order valence-corrected chi connectivity index (χ2v) is 10.7. The maximum Gasteiger partial charge on any atom is 0.113 e. The van der Waals surface area contributed by atoms with Gasteiger partial charge in [-0.2, -0.15) is 0 Å². The lowest BCUT2D eigenvalue weighted by atomic mass is 9.63. The van der Waals surface area contributed by atoms with Crippen molar-refractivity contribution in [3.63, 3.8) is 0 Å². The molecule has 0 saturated heterocycles. The van der Waals surface area contributed by atoms with Crippen LogP contribution in [0.3, 0.4) is 0 Å². The third-order valence-corrected chi connectivity index (χ3v) is 8.72. The van der Waals surface area contributed by atoms with Crippen LogP contribution in [0.4, 0.5) is 0 Å². The summed E-state index contributed by atoms with van der Waals surface area (Å²) in [5.74, 6) is 0.792. The van der Waals surface area contributed by atoms with E-state index >= 15 is 0 Å². The van der Waals surface area contributed by atoms with E-state index in [1.54, 1.807) is 0 Å². The molecule has 0 unspecified atom stereocenters. The molecule has 0 amide bonds. The van der Waals surface area contributed by atoms with Crippen LogP contribution in [0, 0.1) is 12.3 Å². The number of aryl methyl sites for hydroxylation is 1.